The molecule has 1 aliphatic rings. The van der Waals surface area contributed by atoms with Crippen LogP contribution in [-0.4, -0.2) is 19.7 Å². The van der Waals surface area contributed by atoms with Crippen LogP contribution in [0.4, 0.5) is 15.8 Å². The van der Waals surface area contributed by atoms with Crippen LogP contribution >= 0.6 is 0 Å². The smallest absolute Gasteiger partial charge is 0.167 e. The summed E-state index contributed by atoms with van der Waals surface area (Å²) in [6.07, 6.45) is 2.37. The van der Waals surface area contributed by atoms with Crippen LogP contribution in [0.25, 0.3) is 0 Å². The molecule has 1 aromatic carbocycles. The highest BCUT2D eigenvalue weighted by atomic mass is 19.1. The number of hydrogen-bond acceptors (Lipinski definition) is 3. The van der Waals surface area contributed by atoms with Crippen molar-refractivity contribution >= 4 is 11.4 Å². The second kappa shape index (κ2) is 5.04. The number of nitrogens with zero attached hydrogens (tertiary/aromatic N) is 1. The molecule has 0 amide bonds. The van der Waals surface area contributed by atoms with E-state index < -0.39 is 5.82 Å². The Hall–Kier alpha value is -1.45. The first-order valence-electron chi connectivity index (χ1n) is 6.42. The minimum Gasteiger partial charge on any atom is -0.494 e. The van der Waals surface area contributed by atoms with E-state index in [0.29, 0.717) is 17.6 Å². The number of anilines is 2. The average molecular weight is 252 g/mol. The molecule has 1 saturated carbocycles. The summed E-state index contributed by atoms with van der Waals surface area (Å²) in [7, 11) is 1.47. The van der Waals surface area contributed by atoms with Gasteiger partial charge in [0.1, 0.15) is 0 Å². The molecule has 0 unspecified atom stereocenters. The van der Waals surface area contributed by atoms with E-state index in [1.807, 2.05) is 0 Å². The van der Waals surface area contributed by atoms with E-state index in [0.717, 1.165) is 12.2 Å². The van der Waals surface area contributed by atoms with Gasteiger partial charge in [0.05, 0.1) is 18.5 Å². The Morgan fingerprint density at radius 1 is 1.44 bits per heavy atom. The number of hydrogen-bond donors (Lipinski definition) is 1. The molecule has 0 atom stereocenters. The van der Waals surface area contributed by atoms with Crippen LogP contribution in [-0.2, 0) is 0 Å². The highest BCUT2D eigenvalue weighted by Gasteiger charge is 2.31. The topological polar surface area (TPSA) is 38.5 Å². The molecule has 0 spiro atoms. The summed E-state index contributed by atoms with van der Waals surface area (Å²) in [4.78, 5) is 2.28. The second-order valence-electron chi connectivity index (χ2n) is 5.32. The maximum atomic E-state index is 13.5. The highest BCUT2D eigenvalue weighted by molar-refractivity contribution is 5.71. The van der Waals surface area contributed by atoms with Crippen molar-refractivity contribution in [2.45, 2.75) is 32.7 Å². The molecular weight excluding hydrogens is 231 g/mol. The lowest BCUT2D eigenvalue weighted by Gasteiger charge is -2.28. The van der Waals surface area contributed by atoms with E-state index >= 15 is 0 Å². The van der Waals surface area contributed by atoms with Gasteiger partial charge in [-0.2, -0.15) is 0 Å². The quantitative estimate of drug-likeness (QED) is 0.819. The lowest BCUT2D eigenvalue weighted by atomic mass is 10.1. The summed E-state index contributed by atoms with van der Waals surface area (Å²) in [5, 5.41) is 0. The molecule has 1 fully saturated rings. The third-order valence-corrected chi connectivity index (χ3v) is 3.16. The number of nitrogens with two attached hydrogens (primary N) is 1. The maximum Gasteiger partial charge on any atom is 0.167 e. The van der Waals surface area contributed by atoms with E-state index in [2.05, 4.69) is 18.7 Å². The molecule has 2 rings (SSSR count). The van der Waals surface area contributed by atoms with Crippen molar-refractivity contribution in [3.63, 3.8) is 0 Å². The maximum absolute atomic E-state index is 13.5. The molecule has 2 N–H and O–H groups in total. The molecule has 18 heavy (non-hydrogen) atoms. The summed E-state index contributed by atoms with van der Waals surface area (Å²) in [6.45, 7) is 5.28. The molecule has 1 aliphatic carbocycles. The van der Waals surface area contributed by atoms with Crippen molar-refractivity contribution in [3.8, 4) is 5.75 Å². The Balaban J connectivity index is 2.34. The second-order valence-corrected chi connectivity index (χ2v) is 5.32. The molecule has 0 heterocycles. The molecule has 3 nitrogen and oxygen atoms in total. The normalized spacial score (nSPS) is 14.9. The Kier molecular flexibility index (Phi) is 3.64. The summed E-state index contributed by atoms with van der Waals surface area (Å²) in [5.74, 6) is 0.397. The van der Waals surface area contributed by atoms with E-state index in [9.17, 15) is 4.39 Å². The summed E-state index contributed by atoms with van der Waals surface area (Å²) >= 11 is 0. The SMILES string of the molecule is COc1cc(N(CC(C)C)C2CC2)c(N)cc1F. The van der Waals surface area contributed by atoms with Crippen molar-refractivity contribution in [3.05, 3.63) is 17.9 Å². The van der Waals surface area contributed by atoms with E-state index in [4.69, 9.17) is 10.5 Å². The lowest BCUT2D eigenvalue weighted by Crippen LogP contribution is -2.30. The zero-order chi connectivity index (χ0) is 13.3. The Bertz CT molecular complexity index is 430. The van der Waals surface area contributed by atoms with Crippen molar-refractivity contribution in [1.29, 1.82) is 0 Å². The largest absolute Gasteiger partial charge is 0.494 e. The lowest BCUT2D eigenvalue weighted by molar-refractivity contribution is 0.386. The number of benzene rings is 1. The third-order valence-electron chi connectivity index (χ3n) is 3.16. The highest BCUT2D eigenvalue weighted by Crippen LogP contribution is 2.38. The molecule has 0 aliphatic heterocycles. The van der Waals surface area contributed by atoms with Crippen molar-refractivity contribution in [1.82, 2.24) is 0 Å². The molecular formula is C14H21FN2O. The fraction of sp³-hybridized carbons (Fsp3) is 0.571. The van der Waals surface area contributed by atoms with Crippen LogP contribution in [0.15, 0.2) is 12.1 Å². The van der Waals surface area contributed by atoms with Crippen molar-refractivity contribution in [2.75, 3.05) is 24.3 Å². The minimum absolute atomic E-state index is 0.258. The predicted octanol–water partition coefficient (Wildman–Crippen LogP) is 3.04. The zero-order valence-corrected chi connectivity index (χ0v) is 11.2. The molecule has 0 radical (unpaired) electrons. The van der Waals surface area contributed by atoms with Crippen LogP contribution in [0.1, 0.15) is 26.7 Å². The van der Waals surface area contributed by atoms with Gasteiger partial charge < -0.3 is 15.4 Å². The number of methoxy groups -OCH3 is 1. The van der Waals surface area contributed by atoms with Gasteiger partial charge >= 0.3 is 0 Å². The monoisotopic (exact) mass is 252 g/mol. The van der Waals surface area contributed by atoms with Crippen LogP contribution in [0.5, 0.6) is 5.75 Å². The van der Waals surface area contributed by atoms with Gasteiger partial charge in [-0.1, -0.05) is 13.8 Å². The molecule has 1 aromatic rings. The fourth-order valence-corrected chi connectivity index (χ4v) is 2.19. The fourth-order valence-electron chi connectivity index (χ4n) is 2.19. The van der Waals surface area contributed by atoms with Gasteiger partial charge in [-0.3, -0.25) is 0 Å². The molecule has 0 aromatic heterocycles. The van der Waals surface area contributed by atoms with Gasteiger partial charge in [0.15, 0.2) is 11.6 Å². The summed E-state index contributed by atoms with van der Waals surface area (Å²) < 4.78 is 18.6. The number of ether oxygens (including phenoxy) is 1. The number of halogens is 1. The van der Waals surface area contributed by atoms with E-state index in [1.54, 1.807) is 6.07 Å². The van der Waals surface area contributed by atoms with Crippen molar-refractivity contribution < 1.29 is 9.13 Å². The van der Waals surface area contributed by atoms with Gasteiger partial charge in [-0.25, -0.2) is 4.39 Å². The molecule has 0 saturated heterocycles. The van der Waals surface area contributed by atoms with Gasteiger partial charge in [0.2, 0.25) is 0 Å². The molecule has 4 heteroatoms. The third kappa shape index (κ3) is 2.68. The van der Waals surface area contributed by atoms with Gasteiger partial charge in [0.25, 0.3) is 0 Å². The first kappa shape index (κ1) is 13.0. The molecule has 0 bridgehead atoms. The number of nitrogen functional groups attached to an aromatic ring is 1. The first-order chi connectivity index (χ1) is 8.52. The number of rotatable bonds is 5. The van der Waals surface area contributed by atoms with Crippen LogP contribution in [0.3, 0.4) is 0 Å². The Labute approximate surface area is 108 Å². The summed E-state index contributed by atoms with van der Waals surface area (Å²) in [5.41, 5.74) is 7.33. The van der Waals surface area contributed by atoms with Crippen LogP contribution in [0, 0.1) is 11.7 Å². The van der Waals surface area contributed by atoms with E-state index in [-0.39, 0.29) is 5.75 Å². The van der Waals surface area contributed by atoms with Crippen LogP contribution in [0.2, 0.25) is 0 Å². The van der Waals surface area contributed by atoms with Gasteiger partial charge in [-0.05, 0) is 18.8 Å². The minimum atomic E-state index is -0.404. The zero-order valence-electron chi connectivity index (χ0n) is 11.2. The average Bonchev–Trinajstić information content (AvgIpc) is 3.10. The first-order valence-corrected chi connectivity index (χ1v) is 6.42. The standard InChI is InChI=1S/C14H21FN2O/c1-9(2)8-17(10-4-5-10)13-7-14(18-3)11(15)6-12(13)16/h6-7,9-10H,4-5,8,16H2,1-3H3. The Morgan fingerprint density at radius 3 is 2.61 bits per heavy atom. The summed E-state index contributed by atoms with van der Waals surface area (Å²) in [6, 6.07) is 3.61. The predicted molar refractivity (Wildman–Crippen MR) is 72.6 cm³/mol. The van der Waals surface area contributed by atoms with E-state index in [1.165, 1.54) is 26.0 Å². The Morgan fingerprint density at radius 2 is 2.11 bits per heavy atom. The van der Waals surface area contributed by atoms with Crippen molar-refractivity contribution in [2.24, 2.45) is 5.92 Å². The van der Waals surface area contributed by atoms with Crippen LogP contribution < -0.4 is 15.4 Å². The van der Waals surface area contributed by atoms with Gasteiger partial charge in [0, 0.05) is 24.7 Å². The van der Waals surface area contributed by atoms with Gasteiger partial charge in [-0.15, -0.1) is 0 Å². The molecule has 100 valence electrons.